The van der Waals surface area contributed by atoms with Gasteiger partial charge in [0.2, 0.25) is 0 Å². The average Bonchev–Trinajstić information content (AvgIpc) is 2.66. The van der Waals surface area contributed by atoms with Gasteiger partial charge in [-0.15, -0.1) is 0 Å². The van der Waals surface area contributed by atoms with Gasteiger partial charge in [0.05, 0.1) is 0 Å². The number of hydrogen-bond donors (Lipinski definition) is 0. The van der Waals surface area contributed by atoms with Gasteiger partial charge in [-0.3, -0.25) is 0 Å². The minimum Gasteiger partial charge on any atom is -0.394 e. The van der Waals surface area contributed by atoms with Crippen LogP contribution in [0.25, 0.3) is 21.5 Å². The van der Waals surface area contributed by atoms with Crippen LogP contribution in [0.2, 0.25) is 0 Å². The highest BCUT2D eigenvalue weighted by Crippen LogP contribution is 2.39. The van der Waals surface area contributed by atoms with Gasteiger partial charge in [-0.1, -0.05) is 66.7 Å². The molecular weight excluding hydrogens is 303 g/mol. The van der Waals surface area contributed by atoms with E-state index in [0.717, 1.165) is 0 Å². The zero-order valence-electron chi connectivity index (χ0n) is 14.5. The van der Waals surface area contributed by atoms with Crippen LogP contribution < -0.4 is 15.1 Å². The van der Waals surface area contributed by atoms with E-state index in [2.05, 4.69) is 103 Å². The number of hydrogen-bond acceptors (Lipinski definition) is 2. The molecule has 0 saturated carbocycles. The van der Waals surface area contributed by atoms with Crippen LogP contribution in [0.4, 0.5) is 11.4 Å². The Balaban J connectivity index is 1.79. The highest BCUT2D eigenvalue weighted by Gasteiger charge is 2.36. The van der Waals surface area contributed by atoms with Crippen LogP contribution in [0.1, 0.15) is 0 Å². The molecule has 0 atom stereocenters. The molecule has 120 valence electrons. The lowest BCUT2D eigenvalue weighted by atomic mass is 9.61. The van der Waals surface area contributed by atoms with Gasteiger partial charge in [-0.25, -0.2) is 0 Å². The fourth-order valence-corrected chi connectivity index (χ4v) is 4.31. The van der Waals surface area contributed by atoms with Gasteiger partial charge in [-0.2, -0.15) is 0 Å². The molecule has 3 heteroatoms. The quantitative estimate of drug-likeness (QED) is 0.483. The third-order valence-corrected chi connectivity index (χ3v) is 5.46. The van der Waals surface area contributed by atoms with Crippen molar-refractivity contribution in [3.63, 3.8) is 0 Å². The smallest absolute Gasteiger partial charge is 0.394 e. The molecule has 25 heavy (non-hydrogen) atoms. The molecule has 4 aromatic carbocycles. The first-order valence-corrected chi connectivity index (χ1v) is 8.71. The number of fused-ring (bicyclic) bond motifs is 1. The first-order valence-electron chi connectivity index (χ1n) is 8.71. The van der Waals surface area contributed by atoms with Gasteiger partial charge < -0.3 is 9.62 Å². The predicted molar refractivity (Wildman–Crippen MR) is 110 cm³/mol. The molecule has 0 bridgehead atoms. The topological polar surface area (TPSA) is 6.48 Å². The largest absolute Gasteiger partial charge is 0.411 e. The Morgan fingerprint density at radius 1 is 0.600 bits per heavy atom. The number of benzene rings is 4. The van der Waals surface area contributed by atoms with Crippen molar-refractivity contribution in [3.05, 3.63) is 78.9 Å². The van der Waals surface area contributed by atoms with E-state index in [9.17, 15) is 0 Å². The molecular formula is C22H19BN2. The summed E-state index contributed by atoms with van der Waals surface area (Å²) in [5.74, 6) is 0. The summed E-state index contributed by atoms with van der Waals surface area (Å²) >= 11 is 0. The molecule has 5 rings (SSSR count). The standard InChI is InChI=1S/C22H19BN2/c1-24-20-14-6-10-17-11-7-15-21(22(17)20)25(2)23(24)19-13-5-9-16-8-3-4-12-18(16)19/h3-15H,1-2H3. The molecule has 0 aliphatic carbocycles. The second kappa shape index (κ2) is 5.28. The van der Waals surface area contributed by atoms with Crippen molar-refractivity contribution in [1.82, 2.24) is 0 Å². The lowest BCUT2D eigenvalue weighted by Gasteiger charge is -2.41. The van der Waals surface area contributed by atoms with Crippen molar-refractivity contribution in [3.8, 4) is 0 Å². The Morgan fingerprint density at radius 3 is 1.88 bits per heavy atom. The summed E-state index contributed by atoms with van der Waals surface area (Å²) in [6.07, 6.45) is 0. The molecule has 0 spiro atoms. The molecule has 2 nitrogen and oxygen atoms in total. The van der Waals surface area contributed by atoms with E-state index in [0.29, 0.717) is 0 Å². The zero-order chi connectivity index (χ0) is 17.0. The lowest BCUT2D eigenvalue weighted by molar-refractivity contribution is 1.19. The lowest BCUT2D eigenvalue weighted by Crippen LogP contribution is -2.60. The first-order chi connectivity index (χ1) is 12.3. The summed E-state index contributed by atoms with van der Waals surface area (Å²) in [6, 6.07) is 28.4. The molecule has 0 radical (unpaired) electrons. The number of nitrogens with zero attached hydrogens (tertiary/aromatic N) is 2. The van der Waals surface area contributed by atoms with Crippen molar-refractivity contribution in [1.29, 1.82) is 0 Å². The maximum absolute atomic E-state index is 2.40. The fraction of sp³-hybridized carbons (Fsp3) is 0.0909. The average molecular weight is 322 g/mol. The van der Waals surface area contributed by atoms with Gasteiger partial charge >= 0.3 is 6.98 Å². The minimum absolute atomic E-state index is 0.173. The van der Waals surface area contributed by atoms with Crippen LogP contribution in [-0.4, -0.2) is 21.1 Å². The molecule has 0 fully saturated rings. The van der Waals surface area contributed by atoms with Crippen LogP contribution >= 0.6 is 0 Å². The number of rotatable bonds is 1. The van der Waals surface area contributed by atoms with Crippen molar-refractivity contribution in [2.24, 2.45) is 0 Å². The SMILES string of the molecule is CN1B(c2cccc3ccccc23)N(C)c2cccc3cccc1c23. The van der Waals surface area contributed by atoms with E-state index >= 15 is 0 Å². The maximum atomic E-state index is 2.40. The van der Waals surface area contributed by atoms with E-state index < -0.39 is 0 Å². The second-order valence-corrected chi connectivity index (χ2v) is 6.82. The normalized spacial score (nSPS) is 13.8. The molecule has 1 aliphatic rings. The Labute approximate surface area is 148 Å². The minimum atomic E-state index is 0.173. The molecule has 0 saturated heterocycles. The van der Waals surface area contributed by atoms with Crippen molar-refractivity contribution >= 4 is 45.4 Å². The Morgan fingerprint density at radius 2 is 1.16 bits per heavy atom. The summed E-state index contributed by atoms with van der Waals surface area (Å²) in [5, 5.41) is 5.25. The molecule has 0 N–H and O–H groups in total. The van der Waals surface area contributed by atoms with Crippen molar-refractivity contribution < 1.29 is 0 Å². The summed E-state index contributed by atoms with van der Waals surface area (Å²) in [4.78, 5) is 4.80. The molecule has 1 heterocycles. The molecule has 0 unspecified atom stereocenters. The molecule has 1 aliphatic heterocycles. The molecule has 0 aromatic heterocycles. The van der Waals surface area contributed by atoms with E-state index in [1.807, 2.05) is 0 Å². The van der Waals surface area contributed by atoms with E-state index in [-0.39, 0.29) is 6.98 Å². The monoisotopic (exact) mass is 322 g/mol. The van der Waals surface area contributed by atoms with Crippen LogP contribution in [0.3, 0.4) is 0 Å². The van der Waals surface area contributed by atoms with Gasteiger partial charge in [0.15, 0.2) is 0 Å². The summed E-state index contributed by atoms with van der Waals surface area (Å²) in [7, 11) is 4.40. The Bertz CT molecular complexity index is 1060. The Kier molecular flexibility index (Phi) is 3.05. The van der Waals surface area contributed by atoms with E-state index in [1.54, 1.807) is 0 Å². The maximum Gasteiger partial charge on any atom is 0.411 e. The third kappa shape index (κ3) is 1.99. The van der Waals surface area contributed by atoms with Crippen LogP contribution in [0.5, 0.6) is 0 Å². The zero-order valence-corrected chi connectivity index (χ0v) is 14.5. The highest BCUT2D eigenvalue weighted by atomic mass is 15.2. The summed E-state index contributed by atoms with van der Waals surface area (Å²) in [5.41, 5.74) is 3.93. The van der Waals surface area contributed by atoms with Crippen LogP contribution in [0.15, 0.2) is 78.9 Å². The fourth-order valence-electron chi connectivity index (χ4n) is 4.31. The van der Waals surface area contributed by atoms with Gasteiger partial charge in [-0.05, 0) is 47.8 Å². The number of anilines is 2. The highest BCUT2D eigenvalue weighted by molar-refractivity contribution is 6.83. The van der Waals surface area contributed by atoms with Crippen LogP contribution in [-0.2, 0) is 0 Å². The van der Waals surface area contributed by atoms with E-state index in [1.165, 1.54) is 38.4 Å². The third-order valence-electron chi connectivity index (χ3n) is 5.46. The Hall–Kier alpha value is -2.94. The van der Waals surface area contributed by atoms with Gasteiger partial charge in [0.25, 0.3) is 0 Å². The predicted octanol–water partition coefficient (Wildman–Crippen LogP) is 4.27. The van der Waals surface area contributed by atoms with Crippen molar-refractivity contribution in [2.75, 3.05) is 23.7 Å². The second-order valence-electron chi connectivity index (χ2n) is 6.82. The molecule has 0 amide bonds. The van der Waals surface area contributed by atoms with Crippen molar-refractivity contribution in [2.45, 2.75) is 0 Å². The first kappa shape index (κ1) is 14.4. The van der Waals surface area contributed by atoms with E-state index in [4.69, 9.17) is 0 Å². The summed E-state index contributed by atoms with van der Waals surface area (Å²) < 4.78 is 0. The summed E-state index contributed by atoms with van der Waals surface area (Å²) in [6.45, 7) is 0.173. The van der Waals surface area contributed by atoms with Gasteiger partial charge in [0.1, 0.15) is 0 Å². The van der Waals surface area contributed by atoms with Crippen LogP contribution in [0, 0.1) is 0 Å². The molecule has 4 aromatic rings. The van der Waals surface area contributed by atoms with Gasteiger partial charge in [0, 0.05) is 16.8 Å².